The molecule has 3 unspecified atom stereocenters. The normalized spacial score (nSPS) is 33.1. The number of carbonyl (C=O) groups excluding carboxylic acids is 3. The van der Waals surface area contributed by atoms with Crippen LogP contribution in [0.4, 0.5) is 0 Å². The van der Waals surface area contributed by atoms with Crippen molar-refractivity contribution in [1.82, 2.24) is 14.7 Å². The first-order valence-corrected chi connectivity index (χ1v) is 12.8. The average molecular weight is 478 g/mol. The molecule has 2 bridgehead atoms. The van der Waals surface area contributed by atoms with Gasteiger partial charge >= 0.3 is 0 Å². The third-order valence-corrected chi connectivity index (χ3v) is 9.73. The van der Waals surface area contributed by atoms with E-state index in [1.165, 1.54) is 0 Å². The molecule has 0 aromatic carbocycles. The largest absolute Gasteiger partial charge is 0.395 e. The highest BCUT2D eigenvalue weighted by atomic mass is 32.2. The van der Waals surface area contributed by atoms with Crippen LogP contribution >= 0.6 is 11.8 Å². The number of thioether (sulfide) groups is 1. The third kappa shape index (κ3) is 4.03. The summed E-state index contributed by atoms with van der Waals surface area (Å²) >= 11 is 1.66. The van der Waals surface area contributed by atoms with E-state index in [4.69, 9.17) is 0 Å². The Morgan fingerprint density at radius 1 is 1.27 bits per heavy atom. The quantitative estimate of drug-likeness (QED) is 0.462. The fourth-order valence-electron chi connectivity index (χ4n) is 6.31. The molecule has 6 atom stereocenters. The predicted molar refractivity (Wildman–Crippen MR) is 132 cm³/mol. The predicted octanol–water partition coefficient (Wildman–Crippen LogP) is 2.31. The number of hydrogen-bond acceptors (Lipinski definition) is 5. The fraction of sp³-hybridized carbons (Fsp3) is 0.720. The first-order chi connectivity index (χ1) is 15.6. The van der Waals surface area contributed by atoms with Crippen LogP contribution < -0.4 is 0 Å². The van der Waals surface area contributed by atoms with Gasteiger partial charge in [0.25, 0.3) is 0 Å². The Balaban J connectivity index is 2.06. The lowest BCUT2D eigenvalue weighted by Crippen LogP contribution is -2.57. The van der Waals surface area contributed by atoms with Crippen LogP contribution in [0.25, 0.3) is 0 Å². The molecule has 184 valence electrons. The molecular weight excluding hydrogens is 438 g/mol. The highest BCUT2D eigenvalue weighted by molar-refractivity contribution is 8.02. The molecule has 1 N–H and O–H groups in total. The standard InChI is InChI=1S/C25H39N3O4S/c1-7-10-17(4)27(14-9-3)23(32)20-25-12-11-24(5,33-25)18(21(30)26(6)13-8-2)19(25)22(31)28(20)15-16-29/h8-9,17-20,29H,2-3,7,10-16H2,1,4-6H3/t17?,18-,19+,20?,24+,25?/m1/s1. The molecule has 8 heteroatoms. The number of likely N-dealkylation sites (tertiary alicyclic amines) is 1. The summed E-state index contributed by atoms with van der Waals surface area (Å²) in [6.45, 7) is 14.5. The minimum Gasteiger partial charge on any atom is -0.395 e. The van der Waals surface area contributed by atoms with E-state index >= 15 is 0 Å². The molecule has 3 saturated heterocycles. The summed E-state index contributed by atoms with van der Waals surface area (Å²) in [6.07, 6.45) is 6.70. The maximum atomic E-state index is 14.1. The van der Waals surface area contributed by atoms with Crippen molar-refractivity contribution in [2.75, 3.05) is 33.3 Å². The molecule has 0 saturated carbocycles. The van der Waals surface area contributed by atoms with Crippen LogP contribution in [0.3, 0.4) is 0 Å². The zero-order valence-corrected chi connectivity index (χ0v) is 21.3. The molecule has 0 aromatic heterocycles. The van der Waals surface area contributed by atoms with Gasteiger partial charge in [-0.3, -0.25) is 14.4 Å². The van der Waals surface area contributed by atoms with E-state index in [2.05, 4.69) is 27.0 Å². The van der Waals surface area contributed by atoms with Crippen LogP contribution in [0, 0.1) is 11.8 Å². The number of aliphatic hydroxyl groups is 1. The molecule has 0 aromatic rings. The maximum Gasteiger partial charge on any atom is 0.247 e. The van der Waals surface area contributed by atoms with Crippen molar-refractivity contribution in [3.63, 3.8) is 0 Å². The maximum absolute atomic E-state index is 14.1. The molecule has 0 radical (unpaired) electrons. The molecule has 33 heavy (non-hydrogen) atoms. The lowest BCUT2D eigenvalue weighted by molar-refractivity contribution is -0.145. The second kappa shape index (κ2) is 9.82. The van der Waals surface area contributed by atoms with Gasteiger partial charge in [-0.1, -0.05) is 25.5 Å². The zero-order chi connectivity index (χ0) is 24.6. The summed E-state index contributed by atoms with van der Waals surface area (Å²) in [5, 5.41) is 9.77. The lowest BCUT2D eigenvalue weighted by atomic mass is 9.66. The van der Waals surface area contributed by atoms with Gasteiger partial charge in [0.05, 0.1) is 23.2 Å². The van der Waals surface area contributed by atoms with Crippen molar-refractivity contribution >= 4 is 29.5 Å². The molecular formula is C25H39N3O4S. The van der Waals surface area contributed by atoms with Crippen molar-refractivity contribution < 1.29 is 19.5 Å². The second-order valence-corrected chi connectivity index (χ2v) is 11.8. The first kappa shape index (κ1) is 25.8. The van der Waals surface area contributed by atoms with Crippen LogP contribution in [-0.4, -0.2) is 92.4 Å². The number of carbonyl (C=O) groups is 3. The summed E-state index contributed by atoms with van der Waals surface area (Å²) < 4.78 is -1.05. The lowest BCUT2D eigenvalue weighted by Gasteiger charge is -2.39. The Labute approximate surface area is 202 Å². The van der Waals surface area contributed by atoms with Crippen molar-refractivity contribution in [2.24, 2.45) is 11.8 Å². The zero-order valence-electron chi connectivity index (χ0n) is 20.5. The highest BCUT2D eigenvalue weighted by Gasteiger charge is 2.77. The minimum absolute atomic E-state index is 0.0115. The van der Waals surface area contributed by atoms with Crippen molar-refractivity contribution in [2.45, 2.75) is 68.0 Å². The number of amides is 3. The second-order valence-electron chi connectivity index (χ2n) is 9.91. The van der Waals surface area contributed by atoms with Crippen molar-refractivity contribution in [3.05, 3.63) is 25.3 Å². The van der Waals surface area contributed by atoms with Gasteiger partial charge in [-0.05, 0) is 33.1 Å². The number of aliphatic hydroxyl groups excluding tert-OH is 1. The third-order valence-electron chi connectivity index (χ3n) is 7.74. The van der Waals surface area contributed by atoms with Gasteiger partial charge in [0, 0.05) is 37.5 Å². The monoisotopic (exact) mass is 477 g/mol. The van der Waals surface area contributed by atoms with Gasteiger partial charge in [-0.15, -0.1) is 24.9 Å². The Morgan fingerprint density at radius 3 is 2.52 bits per heavy atom. The van der Waals surface area contributed by atoms with E-state index in [1.54, 1.807) is 40.8 Å². The van der Waals surface area contributed by atoms with Crippen LogP contribution in [0.2, 0.25) is 0 Å². The van der Waals surface area contributed by atoms with E-state index in [0.717, 1.165) is 19.3 Å². The summed E-state index contributed by atoms with van der Waals surface area (Å²) in [7, 11) is 1.74. The Bertz CT molecular complexity index is 819. The van der Waals surface area contributed by atoms with E-state index in [1.807, 2.05) is 11.8 Å². The fourth-order valence-corrected chi connectivity index (χ4v) is 8.65. The minimum atomic E-state index is -0.684. The molecule has 3 amide bonds. The van der Waals surface area contributed by atoms with Gasteiger partial charge in [-0.2, -0.15) is 0 Å². The Kier molecular flexibility index (Phi) is 7.68. The summed E-state index contributed by atoms with van der Waals surface area (Å²) in [5.74, 6) is -1.39. The number of nitrogens with zero attached hydrogens (tertiary/aromatic N) is 3. The average Bonchev–Trinajstić information content (AvgIpc) is 3.33. The molecule has 7 nitrogen and oxygen atoms in total. The molecule has 1 spiro atoms. The molecule has 3 fully saturated rings. The Hall–Kier alpha value is -1.80. The van der Waals surface area contributed by atoms with Gasteiger partial charge in [-0.25, -0.2) is 0 Å². The smallest absolute Gasteiger partial charge is 0.247 e. The van der Waals surface area contributed by atoms with E-state index in [-0.39, 0.29) is 36.9 Å². The highest BCUT2D eigenvalue weighted by Crippen LogP contribution is 2.71. The van der Waals surface area contributed by atoms with Gasteiger partial charge in [0.2, 0.25) is 17.7 Å². The summed E-state index contributed by atoms with van der Waals surface area (Å²) in [6, 6.07) is -0.673. The molecule has 3 rings (SSSR count). The summed E-state index contributed by atoms with van der Waals surface area (Å²) in [4.78, 5) is 46.5. The van der Waals surface area contributed by atoms with Gasteiger partial charge in [0.1, 0.15) is 6.04 Å². The van der Waals surface area contributed by atoms with E-state index in [9.17, 15) is 19.5 Å². The number of fused-ring (bicyclic) bond motifs is 1. The number of rotatable bonds is 11. The summed E-state index contributed by atoms with van der Waals surface area (Å²) in [5.41, 5.74) is 0. The molecule has 0 aliphatic carbocycles. The number of likely N-dealkylation sites (N-methyl/N-ethyl adjacent to an activating group) is 1. The number of hydrogen-bond donors (Lipinski definition) is 1. The van der Waals surface area contributed by atoms with E-state index in [0.29, 0.717) is 19.5 Å². The molecule has 3 heterocycles. The number of β-amino-alcohol motifs (C(OH)–C–C–N with tert-alkyl or cyclic N) is 1. The topological polar surface area (TPSA) is 81.2 Å². The molecule has 3 aliphatic heterocycles. The first-order valence-electron chi connectivity index (χ1n) is 12.0. The van der Waals surface area contributed by atoms with Crippen molar-refractivity contribution in [3.8, 4) is 0 Å². The van der Waals surface area contributed by atoms with Crippen LogP contribution in [0.15, 0.2) is 25.3 Å². The Morgan fingerprint density at radius 2 is 1.94 bits per heavy atom. The van der Waals surface area contributed by atoms with Crippen molar-refractivity contribution in [1.29, 1.82) is 0 Å². The van der Waals surface area contributed by atoms with Gasteiger partial charge in [0.15, 0.2) is 0 Å². The van der Waals surface area contributed by atoms with Crippen LogP contribution in [0.5, 0.6) is 0 Å². The SMILES string of the molecule is C=CCN(C)C(=O)[C@H]1[C@H]2C(=O)N(CCO)C(C(=O)N(CC=C)C(C)CCC)C23CC[C@]1(C)S3. The van der Waals surface area contributed by atoms with Crippen LogP contribution in [0.1, 0.15) is 46.5 Å². The van der Waals surface area contributed by atoms with Gasteiger partial charge < -0.3 is 19.8 Å². The molecule has 3 aliphatic rings. The van der Waals surface area contributed by atoms with E-state index < -0.39 is 27.4 Å². The van der Waals surface area contributed by atoms with Crippen LogP contribution in [-0.2, 0) is 14.4 Å².